The van der Waals surface area contributed by atoms with E-state index in [2.05, 4.69) is 219 Å². The standard InChI is InChI=1S/C52H39NS.3ClH.Nb/c1-37(53-52-48(42-28-16-6-17-29-42)35-45(39-22-10-3-11-23-39)36-49(52)43-30-18-7-19-31-43)32-50(54)51-46(40-24-12-4-13-25-40)33-44(38-20-8-2-9-21-38)34-47(51)41-26-14-5-15-27-41;;;;/h2-36,54H,1H3;3*1H;/q;;;;+3/p-4/b50-32-,53-37?;;;;. The first-order valence-electron chi connectivity index (χ1n) is 18.8. The van der Waals surface area contributed by atoms with Crippen molar-refractivity contribution >= 4 is 56.5 Å². The summed E-state index contributed by atoms with van der Waals surface area (Å²) in [6, 6.07) is 72.5. The predicted molar refractivity (Wildman–Crippen MR) is 251 cm³/mol. The van der Waals surface area contributed by atoms with Gasteiger partial charge in [0, 0.05) is 16.8 Å². The number of aliphatic imine (C=N–C) groups is 1. The van der Waals surface area contributed by atoms with Crippen LogP contribution in [-0.4, -0.2) is 5.71 Å². The summed E-state index contributed by atoms with van der Waals surface area (Å²) in [5.41, 5.74) is 16.1. The van der Waals surface area contributed by atoms with Crippen molar-refractivity contribution in [3.8, 4) is 66.8 Å². The first-order valence-corrected chi connectivity index (χ1v) is 27.7. The zero-order valence-corrected chi connectivity index (χ0v) is 36.9. The average Bonchev–Trinajstić information content (AvgIpc) is 3.27. The second kappa shape index (κ2) is 20.1. The van der Waals surface area contributed by atoms with Gasteiger partial charge in [0.15, 0.2) is 0 Å². The van der Waals surface area contributed by atoms with Crippen molar-refractivity contribution in [2.75, 3.05) is 0 Å². The molecule has 0 atom stereocenters. The van der Waals surface area contributed by atoms with E-state index in [1.165, 1.54) is 0 Å². The molecule has 0 aromatic heterocycles. The Balaban J connectivity index is 0.00000122. The van der Waals surface area contributed by atoms with Gasteiger partial charge in [0.25, 0.3) is 0 Å². The predicted octanol–water partition coefficient (Wildman–Crippen LogP) is 16.4. The summed E-state index contributed by atoms with van der Waals surface area (Å²) in [5, 5.41) is 0. The van der Waals surface area contributed by atoms with Crippen molar-refractivity contribution in [3.05, 3.63) is 218 Å². The Morgan fingerprint density at radius 2 is 0.672 bits per heavy atom. The van der Waals surface area contributed by atoms with Gasteiger partial charge in [-0.2, -0.15) is 4.91 Å². The first kappa shape index (κ1) is 41.2. The number of hydrogen-bond acceptors (Lipinski definition) is 2. The van der Waals surface area contributed by atoms with Gasteiger partial charge in [-0.15, -0.1) is 0 Å². The minimum absolute atomic E-state index is 0.733. The Morgan fingerprint density at radius 3 is 0.983 bits per heavy atom. The quantitative estimate of drug-likeness (QED) is 0.0799. The Bertz CT molecular complexity index is 2510. The molecule has 8 aromatic rings. The van der Waals surface area contributed by atoms with Gasteiger partial charge < -0.3 is 12.6 Å². The Labute approximate surface area is 365 Å². The molecule has 6 heteroatoms. The van der Waals surface area contributed by atoms with Gasteiger partial charge >= 0.3 is 42.8 Å². The van der Waals surface area contributed by atoms with Gasteiger partial charge in [0.1, 0.15) is 0 Å². The number of benzene rings is 8. The van der Waals surface area contributed by atoms with E-state index in [1.807, 2.05) is 0 Å². The van der Waals surface area contributed by atoms with Crippen LogP contribution in [0.2, 0.25) is 0 Å². The van der Waals surface area contributed by atoms with E-state index in [0.29, 0.717) is 0 Å². The van der Waals surface area contributed by atoms with Crippen LogP contribution < -0.4 is 0 Å². The Hall–Kier alpha value is -5.00. The van der Waals surface area contributed by atoms with Gasteiger partial charge in [-0.05, 0) is 92.4 Å². The molecule has 0 bridgehead atoms. The van der Waals surface area contributed by atoms with Crippen LogP contribution in [0.5, 0.6) is 0 Å². The molecule has 58 heavy (non-hydrogen) atoms. The third-order valence-corrected chi connectivity index (χ3v) is 10.00. The van der Waals surface area contributed by atoms with Crippen LogP contribution in [0.3, 0.4) is 0 Å². The van der Waals surface area contributed by atoms with Crippen LogP contribution in [0.1, 0.15) is 12.5 Å². The molecule has 0 amide bonds. The zero-order chi connectivity index (χ0) is 40.3. The molecule has 8 aromatic carbocycles. The molecule has 0 heterocycles. The molecule has 8 rings (SSSR count). The van der Waals surface area contributed by atoms with Crippen molar-refractivity contribution in [1.82, 2.24) is 0 Å². The van der Waals surface area contributed by atoms with Crippen LogP contribution in [0.4, 0.5) is 5.69 Å². The van der Waals surface area contributed by atoms with Gasteiger partial charge in [-0.1, -0.05) is 188 Å². The molecular formula is C52H38Cl3NNbS-. The van der Waals surface area contributed by atoms with Crippen LogP contribution in [0.15, 0.2) is 217 Å². The number of nitrogens with zero attached hydrogens (tertiary/aromatic N) is 1. The molecule has 0 saturated carbocycles. The van der Waals surface area contributed by atoms with Crippen molar-refractivity contribution in [3.63, 3.8) is 0 Å². The second-order valence-electron chi connectivity index (χ2n) is 13.5. The van der Waals surface area contributed by atoms with Crippen molar-refractivity contribution in [1.29, 1.82) is 0 Å². The second-order valence-corrected chi connectivity index (χ2v) is 24.0. The van der Waals surface area contributed by atoms with E-state index in [-0.39, 0.29) is 0 Å². The summed E-state index contributed by atoms with van der Waals surface area (Å²) >= 11 is 4.42. The number of rotatable bonds is 9. The van der Waals surface area contributed by atoms with Crippen molar-refractivity contribution in [2.45, 2.75) is 6.92 Å². The van der Waals surface area contributed by atoms with Gasteiger partial charge in [-0.25, -0.2) is 0 Å². The van der Waals surface area contributed by atoms with E-state index >= 15 is 0 Å². The van der Waals surface area contributed by atoms with Crippen LogP contribution in [0.25, 0.3) is 71.7 Å². The van der Waals surface area contributed by atoms with Gasteiger partial charge in [-0.3, -0.25) is 4.99 Å². The molecule has 284 valence electrons. The third-order valence-electron chi connectivity index (χ3n) is 9.68. The van der Waals surface area contributed by atoms with E-state index in [4.69, 9.17) is 45.2 Å². The fourth-order valence-electron chi connectivity index (χ4n) is 7.09. The Morgan fingerprint density at radius 1 is 0.414 bits per heavy atom. The summed E-state index contributed by atoms with van der Waals surface area (Å²) in [6.07, 6.45) is 2.07. The zero-order valence-electron chi connectivity index (χ0n) is 31.6. The fraction of sp³-hybridized carbons (Fsp3) is 0.0192. The molecule has 0 spiro atoms. The maximum atomic E-state index is 6.45. The molecule has 0 radical (unpaired) electrons. The summed E-state index contributed by atoms with van der Waals surface area (Å²) in [6.45, 7) is 2.06. The number of hydrogen-bond donors (Lipinski definition) is 0. The van der Waals surface area contributed by atoms with E-state index in [1.54, 1.807) is 0 Å². The minimum atomic E-state index is -2.03. The summed E-state index contributed by atoms with van der Waals surface area (Å²) in [4.78, 5) is 6.19. The molecule has 0 unspecified atom stereocenters. The SMILES string of the molecule is CC(/C=C(\[S-])c1c(-c2ccccc2)cc(-c2ccccc2)cc1-c1ccccc1)=Nc1c(-c2ccccc2)cc(-c2ccccc2)cc1-c1ccccc1.[Cl][Nb]([Cl])[Cl]. The number of halogens is 3. The first-order chi connectivity index (χ1) is 28.4. The molecule has 0 aliphatic rings. The normalized spacial score (nSPS) is 11.5. The van der Waals surface area contributed by atoms with Crippen LogP contribution in [-0.2, 0) is 27.8 Å². The van der Waals surface area contributed by atoms with Crippen molar-refractivity contribution < 1.29 is 15.2 Å². The van der Waals surface area contributed by atoms with E-state index in [0.717, 1.165) is 88.6 Å². The van der Waals surface area contributed by atoms with E-state index in [9.17, 15) is 0 Å². The van der Waals surface area contributed by atoms with Gasteiger partial charge in [0.2, 0.25) is 0 Å². The maximum absolute atomic E-state index is 6.45. The van der Waals surface area contributed by atoms with Crippen molar-refractivity contribution in [2.24, 2.45) is 4.99 Å². The molecule has 0 aliphatic carbocycles. The average molecular weight is 908 g/mol. The van der Waals surface area contributed by atoms with E-state index < -0.39 is 15.2 Å². The molecule has 0 saturated heterocycles. The topological polar surface area (TPSA) is 12.4 Å². The molecule has 0 aliphatic heterocycles. The monoisotopic (exact) mass is 906 g/mol. The molecule has 0 N–H and O–H groups in total. The number of allylic oxidation sites excluding steroid dienone is 1. The summed E-state index contributed by atoms with van der Waals surface area (Å²) in [7, 11) is 15.0. The molecular weight excluding hydrogens is 870 g/mol. The summed E-state index contributed by atoms with van der Waals surface area (Å²) in [5.74, 6) is 0. The Kier molecular flexibility index (Phi) is 14.3. The fourth-order valence-corrected chi connectivity index (χ4v) is 7.48. The molecule has 1 nitrogen and oxygen atoms in total. The third kappa shape index (κ3) is 10.3. The van der Waals surface area contributed by atoms with Crippen LogP contribution in [0, 0.1) is 0 Å². The summed E-state index contributed by atoms with van der Waals surface area (Å²) < 4.78 is 0. The molecule has 0 fully saturated rings. The van der Waals surface area contributed by atoms with Gasteiger partial charge in [0.05, 0.1) is 5.69 Å². The van der Waals surface area contributed by atoms with Crippen LogP contribution >= 0.6 is 27.6 Å².